The minimum absolute atomic E-state index is 0.0296. The number of rotatable bonds is 15. The number of alkyl halides is 3. The Hall–Kier alpha value is -5.24. The monoisotopic (exact) mass is 908 g/mol. The van der Waals surface area contributed by atoms with Gasteiger partial charge in [-0.05, 0) is 140 Å². The van der Waals surface area contributed by atoms with Crippen LogP contribution in [0.15, 0.2) is 71.9 Å². The summed E-state index contributed by atoms with van der Waals surface area (Å²) in [4.78, 5) is 38.6. The molecule has 2 unspecified atom stereocenters. The van der Waals surface area contributed by atoms with Crippen molar-refractivity contribution in [2.45, 2.75) is 78.2 Å². The van der Waals surface area contributed by atoms with E-state index < -0.39 is 11.7 Å². The van der Waals surface area contributed by atoms with Crippen molar-refractivity contribution in [2.24, 2.45) is 17.8 Å². The largest absolute Gasteiger partial charge is 0.487 e. The van der Waals surface area contributed by atoms with Gasteiger partial charge in [-0.2, -0.15) is 13.2 Å². The van der Waals surface area contributed by atoms with Crippen molar-refractivity contribution in [2.75, 3.05) is 52.9 Å². The lowest BCUT2D eigenvalue weighted by atomic mass is 9.85. The molecule has 0 spiro atoms. The summed E-state index contributed by atoms with van der Waals surface area (Å²) in [6, 6.07) is 16.7. The van der Waals surface area contributed by atoms with Crippen LogP contribution in [0.25, 0.3) is 11.1 Å². The van der Waals surface area contributed by atoms with Crippen molar-refractivity contribution in [3.63, 3.8) is 0 Å². The van der Waals surface area contributed by atoms with Crippen LogP contribution in [0.5, 0.6) is 11.5 Å². The van der Waals surface area contributed by atoms with E-state index in [-0.39, 0.29) is 47.8 Å². The van der Waals surface area contributed by atoms with E-state index in [2.05, 4.69) is 62.4 Å². The Balaban J connectivity index is 0.740. The smallest absolute Gasteiger partial charge is 0.418 e. The highest BCUT2D eigenvalue weighted by atomic mass is 35.5. The molecule has 65 heavy (non-hydrogen) atoms. The molecule has 4 aromatic rings. The molecule has 14 heteroatoms. The molecule has 2 N–H and O–H groups in total. The van der Waals surface area contributed by atoms with Crippen LogP contribution in [0.4, 0.5) is 13.2 Å². The lowest BCUT2D eigenvalue weighted by molar-refractivity contribution is -0.138. The summed E-state index contributed by atoms with van der Waals surface area (Å²) in [7, 11) is 1.68. The van der Waals surface area contributed by atoms with Crippen LogP contribution in [0.3, 0.4) is 0 Å². The van der Waals surface area contributed by atoms with Crippen LogP contribution in [0.1, 0.15) is 89.5 Å². The second-order valence-corrected chi connectivity index (χ2v) is 19.0. The number of benzene rings is 2. The van der Waals surface area contributed by atoms with E-state index in [0.29, 0.717) is 49.1 Å². The lowest BCUT2D eigenvalue weighted by Gasteiger charge is -2.39. The number of hydrogen-bond acceptors (Lipinski definition) is 8. The first kappa shape index (κ1) is 44.9. The maximum atomic E-state index is 14.2. The summed E-state index contributed by atoms with van der Waals surface area (Å²) in [5, 5.41) is 6.41. The standard InChI is InChI=1S/C51H56ClF3N6O4/c1-29-15-40(57-20-47(29)52)28-65-42-11-13-44-31(3)35(8-6-33(44)17-42)22-61-25-38(26-61)50(63)58-19-36-18-45(36)48-46(51(53,54)55)14-9-39(59-48)27-64-41-10-12-43-30(2)34(7-5-32(43)16-41)21-60-23-37(24-60)49(62)56-4/h9-17,20,36-38,45H,5-8,18-19,21-28H2,1-4H3,(H,56,62)(H,58,63). The number of pyridine rings is 2. The zero-order valence-electron chi connectivity index (χ0n) is 37.4. The SMILES string of the molecule is CNC(=O)C1CN(CC2=C(C)c3ccc(OCc4ccc(C(F)(F)F)c(C5CC5CNC(=O)C5CN(CC6=C(C)c7ccc(OCc8cc(C)c(Cl)cn8)cc7CC6)C5)n4)cc3CC2)C1. The molecule has 0 radical (unpaired) electrons. The fourth-order valence-corrected chi connectivity index (χ4v) is 10.1. The van der Waals surface area contributed by atoms with Crippen molar-refractivity contribution >= 4 is 34.6 Å². The molecule has 3 aliphatic carbocycles. The normalized spacial score (nSPS) is 20.1. The third-order valence-electron chi connectivity index (χ3n) is 14.1. The molecule has 2 atom stereocenters. The summed E-state index contributed by atoms with van der Waals surface area (Å²) >= 11 is 6.12. The number of hydrogen-bond donors (Lipinski definition) is 2. The molecule has 2 aliphatic heterocycles. The minimum Gasteiger partial charge on any atom is -0.487 e. The third-order valence-corrected chi connectivity index (χ3v) is 14.5. The number of ether oxygens (including phenoxy) is 2. The second-order valence-electron chi connectivity index (χ2n) is 18.6. The Bertz CT molecular complexity index is 2560. The molecule has 4 heterocycles. The van der Waals surface area contributed by atoms with E-state index in [1.807, 2.05) is 31.2 Å². The summed E-state index contributed by atoms with van der Waals surface area (Å²) in [5.74, 6) is 0.920. The topological polar surface area (TPSA) is 109 Å². The second kappa shape index (κ2) is 18.6. The van der Waals surface area contributed by atoms with Gasteiger partial charge in [0.15, 0.2) is 0 Å². The highest BCUT2D eigenvalue weighted by Crippen LogP contribution is 2.50. The van der Waals surface area contributed by atoms with Gasteiger partial charge in [-0.15, -0.1) is 0 Å². The van der Waals surface area contributed by atoms with Gasteiger partial charge in [0.05, 0.1) is 39.5 Å². The lowest BCUT2D eigenvalue weighted by Crippen LogP contribution is -2.54. The first-order valence-electron chi connectivity index (χ1n) is 22.7. The summed E-state index contributed by atoms with van der Waals surface area (Å²) in [5.41, 5.74) is 11.6. The van der Waals surface area contributed by atoms with Gasteiger partial charge in [0, 0.05) is 65.0 Å². The van der Waals surface area contributed by atoms with Gasteiger partial charge < -0.3 is 20.1 Å². The summed E-state index contributed by atoms with van der Waals surface area (Å²) in [6.07, 6.45) is 1.28. The predicted octanol–water partition coefficient (Wildman–Crippen LogP) is 8.58. The molecule has 3 fully saturated rings. The van der Waals surface area contributed by atoms with E-state index in [4.69, 9.17) is 21.1 Å². The number of aromatic nitrogens is 2. The number of aryl methyl sites for hydroxylation is 3. The number of nitrogens with one attached hydrogen (secondary N) is 2. The molecule has 9 rings (SSSR count). The number of amides is 2. The average Bonchev–Trinajstić information content (AvgIpc) is 4.05. The molecular formula is C51H56ClF3N6O4. The first-order chi connectivity index (χ1) is 31.2. The fraction of sp³-hybridized carbons (Fsp3) is 0.451. The highest BCUT2D eigenvalue weighted by molar-refractivity contribution is 6.31. The first-order valence-corrected chi connectivity index (χ1v) is 23.1. The summed E-state index contributed by atoms with van der Waals surface area (Å²) < 4.78 is 54.9. The van der Waals surface area contributed by atoms with Crippen LogP contribution in [0, 0.1) is 24.7 Å². The van der Waals surface area contributed by atoms with Gasteiger partial charge in [-0.25, -0.2) is 0 Å². The van der Waals surface area contributed by atoms with Gasteiger partial charge in [-0.3, -0.25) is 29.4 Å². The fourth-order valence-electron chi connectivity index (χ4n) is 9.96. The molecule has 5 aliphatic rings. The van der Waals surface area contributed by atoms with Crippen molar-refractivity contribution in [1.82, 2.24) is 30.4 Å². The molecule has 2 amide bonds. The highest BCUT2D eigenvalue weighted by Gasteiger charge is 2.46. The molecule has 0 bridgehead atoms. The van der Waals surface area contributed by atoms with Gasteiger partial charge in [0.1, 0.15) is 24.7 Å². The maximum Gasteiger partial charge on any atom is 0.418 e. The van der Waals surface area contributed by atoms with E-state index in [9.17, 15) is 22.8 Å². The molecule has 2 saturated heterocycles. The van der Waals surface area contributed by atoms with Gasteiger partial charge in [0.2, 0.25) is 11.8 Å². The molecule has 2 aromatic carbocycles. The van der Waals surface area contributed by atoms with Crippen molar-refractivity contribution in [1.29, 1.82) is 0 Å². The molecule has 10 nitrogen and oxygen atoms in total. The van der Waals surface area contributed by atoms with E-state index in [1.54, 1.807) is 13.2 Å². The number of likely N-dealkylation sites (tertiary alicyclic amines) is 2. The van der Waals surface area contributed by atoms with Crippen molar-refractivity contribution < 1.29 is 32.2 Å². The predicted molar refractivity (Wildman–Crippen MR) is 244 cm³/mol. The Kier molecular flexibility index (Phi) is 12.8. The number of carbonyl (C=O) groups excluding carboxylic acids is 2. The van der Waals surface area contributed by atoms with Crippen LogP contribution in [-0.4, -0.2) is 84.4 Å². The maximum absolute atomic E-state index is 14.2. The van der Waals surface area contributed by atoms with E-state index >= 15 is 0 Å². The Labute approximate surface area is 383 Å². The number of allylic oxidation sites excluding steroid dienone is 2. The molecular weight excluding hydrogens is 853 g/mol. The zero-order valence-corrected chi connectivity index (χ0v) is 38.2. The van der Waals surface area contributed by atoms with Gasteiger partial charge >= 0.3 is 6.18 Å². The Morgan fingerprint density at radius 1 is 0.769 bits per heavy atom. The number of halogens is 4. The van der Waals surface area contributed by atoms with Crippen LogP contribution >= 0.6 is 11.6 Å². The van der Waals surface area contributed by atoms with E-state index in [0.717, 1.165) is 74.9 Å². The third kappa shape index (κ3) is 9.98. The van der Waals surface area contributed by atoms with Gasteiger partial charge in [0.25, 0.3) is 0 Å². The molecule has 342 valence electrons. The van der Waals surface area contributed by atoms with Crippen LogP contribution in [-0.2, 0) is 41.8 Å². The zero-order chi connectivity index (χ0) is 45.6. The number of nitrogens with zero attached hydrogens (tertiary/aromatic N) is 4. The van der Waals surface area contributed by atoms with Crippen LogP contribution < -0.4 is 20.1 Å². The average molecular weight is 909 g/mol. The van der Waals surface area contributed by atoms with Crippen molar-refractivity contribution in [3.8, 4) is 11.5 Å². The number of carbonyl (C=O) groups is 2. The van der Waals surface area contributed by atoms with Crippen LogP contribution in [0.2, 0.25) is 5.02 Å². The summed E-state index contributed by atoms with van der Waals surface area (Å²) in [6.45, 7) is 11.5. The molecule has 1 saturated carbocycles. The quantitative estimate of drug-likeness (QED) is 0.122. The number of fused-ring (bicyclic) bond motifs is 2. The Morgan fingerprint density at radius 2 is 1.34 bits per heavy atom. The Morgan fingerprint density at radius 3 is 1.89 bits per heavy atom. The van der Waals surface area contributed by atoms with Crippen molar-refractivity contribution in [3.05, 3.63) is 127 Å². The minimum atomic E-state index is -4.54. The van der Waals surface area contributed by atoms with Gasteiger partial charge in [-0.1, -0.05) is 34.9 Å². The van der Waals surface area contributed by atoms with E-state index in [1.165, 1.54) is 50.6 Å². The molecule has 2 aromatic heterocycles.